The van der Waals surface area contributed by atoms with E-state index in [-0.39, 0.29) is 0 Å². The van der Waals surface area contributed by atoms with Crippen LogP contribution in [0, 0.1) is 11.8 Å². The third-order valence-corrected chi connectivity index (χ3v) is 5.63. The smallest absolute Gasteiger partial charge is 0.222 e. The van der Waals surface area contributed by atoms with Gasteiger partial charge < -0.3 is 15.1 Å². The van der Waals surface area contributed by atoms with E-state index in [1.807, 2.05) is 0 Å². The van der Waals surface area contributed by atoms with Gasteiger partial charge in [-0.15, -0.1) is 0 Å². The van der Waals surface area contributed by atoms with Gasteiger partial charge >= 0.3 is 0 Å². The molecule has 0 bridgehead atoms. The minimum absolute atomic E-state index is 0.406. The van der Waals surface area contributed by atoms with E-state index < -0.39 is 0 Å². The van der Waals surface area contributed by atoms with Crippen molar-refractivity contribution in [3.8, 4) is 0 Å². The van der Waals surface area contributed by atoms with Gasteiger partial charge in [0.25, 0.3) is 0 Å². The number of amides is 1. The molecule has 0 spiro atoms. The third-order valence-electron chi connectivity index (χ3n) is 5.63. The lowest BCUT2D eigenvalue weighted by Crippen LogP contribution is -2.53. The van der Waals surface area contributed by atoms with Crippen LogP contribution in [0.1, 0.15) is 38.5 Å². The van der Waals surface area contributed by atoms with Crippen molar-refractivity contribution in [1.29, 1.82) is 0 Å². The summed E-state index contributed by atoms with van der Waals surface area (Å²) in [4.78, 5) is 17.1. The molecule has 114 valence electrons. The van der Waals surface area contributed by atoms with Crippen LogP contribution >= 0.6 is 0 Å². The van der Waals surface area contributed by atoms with Crippen LogP contribution in [-0.2, 0) is 4.79 Å². The molecule has 4 nitrogen and oxygen atoms in total. The van der Waals surface area contributed by atoms with Gasteiger partial charge in [-0.3, -0.25) is 4.79 Å². The standard InChI is InChI=1S/C16H29N3O/c1-18-9-2-3-14-12-19(10-7-15(14)18)16(20)5-4-13-6-8-17-11-13/h13-15,17H,2-12H2,1H3. The van der Waals surface area contributed by atoms with Crippen molar-refractivity contribution in [2.24, 2.45) is 11.8 Å². The first kappa shape index (κ1) is 14.3. The molecular weight excluding hydrogens is 250 g/mol. The summed E-state index contributed by atoms with van der Waals surface area (Å²) >= 11 is 0. The number of nitrogens with one attached hydrogen (secondary N) is 1. The van der Waals surface area contributed by atoms with Crippen LogP contribution in [0.3, 0.4) is 0 Å². The molecule has 3 atom stereocenters. The molecule has 3 fully saturated rings. The number of rotatable bonds is 3. The number of nitrogens with zero attached hydrogens (tertiary/aromatic N) is 2. The third kappa shape index (κ3) is 3.17. The summed E-state index contributed by atoms with van der Waals surface area (Å²) in [5.41, 5.74) is 0. The second kappa shape index (κ2) is 6.44. The van der Waals surface area contributed by atoms with E-state index in [9.17, 15) is 4.79 Å². The predicted molar refractivity (Wildman–Crippen MR) is 80.5 cm³/mol. The Morgan fingerprint density at radius 1 is 1.25 bits per heavy atom. The Balaban J connectivity index is 1.46. The molecule has 0 aromatic rings. The topological polar surface area (TPSA) is 35.6 Å². The predicted octanol–water partition coefficient (Wildman–Crippen LogP) is 1.32. The monoisotopic (exact) mass is 279 g/mol. The Hall–Kier alpha value is -0.610. The molecule has 0 radical (unpaired) electrons. The number of piperidine rings is 2. The molecule has 20 heavy (non-hydrogen) atoms. The lowest BCUT2D eigenvalue weighted by Gasteiger charge is -2.46. The Bertz CT molecular complexity index is 341. The minimum atomic E-state index is 0.406. The summed E-state index contributed by atoms with van der Waals surface area (Å²) in [7, 11) is 2.25. The van der Waals surface area contributed by atoms with E-state index in [0.717, 1.165) is 56.9 Å². The highest BCUT2D eigenvalue weighted by molar-refractivity contribution is 5.76. The first-order chi connectivity index (χ1) is 9.74. The largest absolute Gasteiger partial charge is 0.342 e. The molecule has 0 aliphatic carbocycles. The summed E-state index contributed by atoms with van der Waals surface area (Å²) < 4.78 is 0. The average molecular weight is 279 g/mol. The maximum Gasteiger partial charge on any atom is 0.222 e. The lowest BCUT2D eigenvalue weighted by molar-refractivity contribution is -0.135. The van der Waals surface area contributed by atoms with E-state index in [1.165, 1.54) is 32.2 Å². The number of hydrogen-bond acceptors (Lipinski definition) is 3. The summed E-state index contributed by atoms with van der Waals surface area (Å²) in [5, 5.41) is 3.39. The summed E-state index contributed by atoms with van der Waals surface area (Å²) in [6, 6.07) is 0.729. The number of hydrogen-bond donors (Lipinski definition) is 1. The van der Waals surface area contributed by atoms with Gasteiger partial charge in [-0.25, -0.2) is 0 Å². The van der Waals surface area contributed by atoms with Crippen LogP contribution in [-0.4, -0.2) is 61.5 Å². The van der Waals surface area contributed by atoms with Crippen molar-refractivity contribution in [1.82, 2.24) is 15.1 Å². The molecule has 1 amide bonds. The minimum Gasteiger partial charge on any atom is -0.342 e. The molecule has 0 aromatic carbocycles. The normalized spacial score (nSPS) is 35.0. The first-order valence-corrected chi connectivity index (χ1v) is 8.43. The molecule has 4 heteroatoms. The molecule has 3 unspecified atom stereocenters. The SMILES string of the molecule is CN1CCCC2CN(C(=O)CCC3CCNC3)CCC21. The molecule has 0 aromatic heterocycles. The Morgan fingerprint density at radius 3 is 2.95 bits per heavy atom. The van der Waals surface area contributed by atoms with Crippen LogP contribution in [0.5, 0.6) is 0 Å². The van der Waals surface area contributed by atoms with Crippen molar-refractivity contribution < 1.29 is 4.79 Å². The summed E-state index contributed by atoms with van der Waals surface area (Å²) in [6.07, 6.45) is 6.88. The van der Waals surface area contributed by atoms with Crippen LogP contribution in [0.4, 0.5) is 0 Å². The van der Waals surface area contributed by atoms with E-state index >= 15 is 0 Å². The zero-order chi connectivity index (χ0) is 13.9. The fourth-order valence-corrected chi connectivity index (χ4v) is 4.33. The fraction of sp³-hybridized carbons (Fsp3) is 0.938. The van der Waals surface area contributed by atoms with Crippen LogP contribution in [0.25, 0.3) is 0 Å². The zero-order valence-electron chi connectivity index (χ0n) is 12.8. The second-order valence-electron chi connectivity index (χ2n) is 6.98. The maximum absolute atomic E-state index is 12.4. The molecule has 3 saturated heterocycles. The summed E-state index contributed by atoms with van der Waals surface area (Å²) in [6.45, 7) is 5.48. The van der Waals surface area contributed by atoms with Gasteiger partial charge in [0.15, 0.2) is 0 Å². The molecule has 3 aliphatic heterocycles. The molecule has 3 rings (SSSR count). The van der Waals surface area contributed by atoms with E-state index in [0.29, 0.717) is 5.91 Å². The van der Waals surface area contributed by atoms with Gasteiger partial charge in [0, 0.05) is 25.6 Å². The molecule has 3 heterocycles. The second-order valence-corrected chi connectivity index (χ2v) is 6.98. The van der Waals surface area contributed by atoms with Crippen LogP contribution in [0.15, 0.2) is 0 Å². The average Bonchev–Trinajstić information content (AvgIpc) is 2.98. The van der Waals surface area contributed by atoms with Crippen molar-refractivity contribution in [2.45, 2.75) is 44.6 Å². The van der Waals surface area contributed by atoms with Crippen molar-refractivity contribution >= 4 is 5.91 Å². The van der Waals surface area contributed by atoms with E-state index in [1.54, 1.807) is 0 Å². The van der Waals surface area contributed by atoms with Gasteiger partial charge in [-0.05, 0) is 70.6 Å². The highest BCUT2D eigenvalue weighted by Gasteiger charge is 2.35. The Morgan fingerprint density at radius 2 is 2.15 bits per heavy atom. The number of fused-ring (bicyclic) bond motifs is 1. The fourth-order valence-electron chi connectivity index (χ4n) is 4.33. The number of likely N-dealkylation sites (tertiary alicyclic amines) is 2. The highest BCUT2D eigenvalue weighted by atomic mass is 16.2. The Labute approximate surface area is 122 Å². The van der Waals surface area contributed by atoms with E-state index in [4.69, 9.17) is 0 Å². The van der Waals surface area contributed by atoms with Crippen LogP contribution < -0.4 is 5.32 Å². The van der Waals surface area contributed by atoms with Gasteiger partial charge in [0.05, 0.1) is 0 Å². The highest BCUT2D eigenvalue weighted by Crippen LogP contribution is 2.30. The van der Waals surface area contributed by atoms with Gasteiger partial charge in [-0.1, -0.05) is 0 Å². The molecule has 1 N–H and O–H groups in total. The molecule has 0 saturated carbocycles. The molecular formula is C16H29N3O. The molecule has 3 aliphatic rings. The lowest BCUT2D eigenvalue weighted by atomic mass is 9.84. The van der Waals surface area contributed by atoms with Gasteiger partial charge in [0.1, 0.15) is 0 Å². The summed E-state index contributed by atoms with van der Waals surface area (Å²) in [5.74, 6) is 1.86. The van der Waals surface area contributed by atoms with Crippen molar-refractivity contribution in [2.75, 3.05) is 39.8 Å². The van der Waals surface area contributed by atoms with Crippen molar-refractivity contribution in [3.05, 3.63) is 0 Å². The van der Waals surface area contributed by atoms with Gasteiger partial charge in [0.2, 0.25) is 5.91 Å². The zero-order valence-corrected chi connectivity index (χ0v) is 12.8. The number of carbonyl (C=O) groups is 1. The maximum atomic E-state index is 12.4. The van der Waals surface area contributed by atoms with Crippen LogP contribution in [0.2, 0.25) is 0 Å². The van der Waals surface area contributed by atoms with Crippen molar-refractivity contribution in [3.63, 3.8) is 0 Å². The quantitative estimate of drug-likeness (QED) is 0.846. The first-order valence-electron chi connectivity index (χ1n) is 8.43. The Kier molecular flexibility index (Phi) is 4.61. The van der Waals surface area contributed by atoms with E-state index in [2.05, 4.69) is 22.2 Å². The van der Waals surface area contributed by atoms with Gasteiger partial charge in [-0.2, -0.15) is 0 Å². The number of carbonyl (C=O) groups excluding carboxylic acids is 1.